The Kier molecular flexibility index (Phi) is 4.47. The third kappa shape index (κ3) is 3.40. The van der Waals surface area contributed by atoms with Crippen molar-refractivity contribution in [2.24, 2.45) is 0 Å². The lowest BCUT2D eigenvalue weighted by Crippen LogP contribution is -2.25. The molecule has 1 aromatic carbocycles. The lowest BCUT2D eigenvalue weighted by molar-refractivity contribution is 0.0926. The van der Waals surface area contributed by atoms with Gasteiger partial charge in [0, 0.05) is 11.4 Å². The average molecular weight is 261 g/mol. The lowest BCUT2D eigenvalue weighted by atomic mass is 10.1. The minimum Gasteiger partial charge on any atom is -0.459 e. The Morgan fingerprint density at radius 3 is 2.67 bits per heavy atom. The molecule has 2 rings (SSSR count). The molecule has 18 heavy (non-hydrogen) atoms. The molecule has 0 unspecified atom stereocenters. The summed E-state index contributed by atoms with van der Waals surface area (Å²) < 4.78 is 5.01. The van der Waals surface area contributed by atoms with Gasteiger partial charge >= 0.3 is 0 Å². The predicted octanol–water partition coefficient (Wildman–Crippen LogP) is 2.97. The largest absolute Gasteiger partial charge is 0.459 e. The van der Waals surface area contributed by atoms with E-state index in [2.05, 4.69) is 35.8 Å². The molecular formula is C14H15NO2S. The Balaban J connectivity index is 1.79. The lowest BCUT2D eigenvalue weighted by Gasteiger charge is -2.04. The van der Waals surface area contributed by atoms with Crippen LogP contribution >= 0.6 is 11.8 Å². The first-order valence-electron chi connectivity index (χ1n) is 5.74. The zero-order chi connectivity index (χ0) is 12.8. The first-order valence-corrected chi connectivity index (χ1v) is 6.96. The van der Waals surface area contributed by atoms with Gasteiger partial charge < -0.3 is 9.73 Å². The molecule has 0 aliphatic heterocycles. The summed E-state index contributed by atoms with van der Waals surface area (Å²) in [6.07, 6.45) is 4.37. The second-order valence-corrected chi connectivity index (χ2v) is 4.71. The van der Waals surface area contributed by atoms with E-state index in [1.54, 1.807) is 23.9 Å². The molecule has 2 aromatic rings. The summed E-state index contributed by atoms with van der Waals surface area (Å²) >= 11 is 1.72. The van der Waals surface area contributed by atoms with Gasteiger partial charge in [0.15, 0.2) is 5.76 Å². The Bertz CT molecular complexity index is 491. The van der Waals surface area contributed by atoms with E-state index in [0.29, 0.717) is 12.3 Å². The number of carbonyl (C=O) groups is 1. The SMILES string of the molecule is CSc1ccc(CCNC(=O)c2ccco2)cc1. The van der Waals surface area contributed by atoms with Crippen molar-refractivity contribution in [3.05, 3.63) is 54.0 Å². The van der Waals surface area contributed by atoms with Gasteiger partial charge in [-0.2, -0.15) is 0 Å². The Morgan fingerprint density at radius 1 is 1.28 bits per heavy atom. The number of hydrogen-bond donors (Lipinski definition) is 1. The van der Waals surface area contributed by atoms with E-state index < -0.39 is 0 Å². The first kappa shape index (κ1) is 12.8. The van der Waals surface area contributed by atoms with E-state index in [-0.39, 0.29) is 5.91 Å². The van der Waals surface area contributed by atoms with Crippen molar-refractivity contribution in [2.45, 2.75) is 11.3 Å². The fraction of sp³-hybridized carbons (Fsp3) is 0.214. The maximum absolute atomic E-state index is 11.6. The van der Waals surface area contributed by atoms with Crippen LogP contribution in [0.25, 0.3) is 0 Å². The van der Waals surface area contributed by atoms with Gasteiger partial charge in [-0.05, 0) is 42.5 Å². The van der Waals surface area contributed by atoms with E-state index in [9.17, 15) is 4.79 Å². The Hall–Kier alpha value is -1.68. The fourth-order valence-corrected chi connectivity index (χ4v) is 2.02. The summed E-state index contributed by atoms with van der Waals surface area (Å²) in [4.78, 5) is 12.8. The van der Waals surface area contributed by atoms with Crippen LogP contribution in [-0.2, 0) is 6.42 Å². The van der Waals surface area contributed by atoms with E-state index in [0.717, 1.165) is 6.42 Å². The van der Waals surface area contributed by atoms with Crippen molar-refractivity contribution >= 4 is 17.7 Å². The van der Waals surface area contributed by atoms with Crippen molar-refractivity contribution in [1.82, 2.24) is 5.32 Å². The molecule has 0 saturated heterocycles. The maximum Gasteiger partial charge on any atom is 0.286 e. The molecule has 0 spiro atoms. The van der Waals surface area contributed by atoms with Crippen LogP contribution in [0.3, 0.4) is 0 Å². The molecule has 1 heterocycles. The average Bonchev–Trinajstić information content (AvgIpc) is 2.93. The number of benzene rings is 1. The molecule has 1 N–H and O–H groups in total. The molecule has 1 amide bonds. The van der Waals surface area contributed by atoms with Crippen molar-refractivity contribution < 1.29 is 9.21 Å². The van der Waals surface area contributed by atoms with Crippen LogP contribution in [0.2, 0.25) is 0 Å². The third-order valence-corrected chi connectivity index (χ3v) is 3.35. The number of furan rings is 1. The smallest absolute Gasteiger partial charge is 0.286 e. The van der Waals surface area contributed by atoms with E-state index >= 15 is 0 Å². The molecular weight excluding hydrogens is 246 g/mol. The minimum atomic E-state index is -0.166. The van der Waals surface area contributed by atoms with Gasteiger partial charge in [-0.15, -0.1) is 11.8 Å². The van der Waals surface area contributed by atoms with Crippen LogP contribution in [0.5, 0.6) is 0 Å². The summed E-state index contributed by atoms with van der Waals surface area (Å²) in [5.41, 5.74) is 1.22. The molecule has 0 radical (unpaired) electrons. The second-order valence-electron chi connectivity index (χ2n) is 3.83. The van der Waals surface area contributed by atoms with Gasteiger partial charge in [0.05, 0.1) is 6.26 Å². The van der Waals surface area contributed by atoms with Gasteiger partial charge in [0.2, 0.25) is 0 Å². The van der Waals surface area contributed by atoms with Crippen LogP contribution in [0, 0.1) is 0 Å². The standard InChI is InChI=1S/C14H15NO2S/c1-18-12-6-4-11(5-7-12)8-9-15-14(16)13-3-2-10-17-13/h2-7,10H,8-9H2,1H3,(H,15,16). The number of hydrogen-bond acceptors (Lipinski definition) is 3. The molecule has 0 atom stereocenters. The zero-order valence-electron chi connectivity index (χ0n) is 10.2. The molecule has 1 aromatic heterocycles. The second kappa shape index (κ2) is 6.31. The first-order chi connectivity index (χ1) is 8.79. The van der Waals surface area contributed by atoms with Crippen LogP contribution in [-0.4, -0.2) is 18.7 Å². The van der Waals surface area contributed by atoms with Crippen molar-refractivity contribution in [2.75, 3.05) is 12.8 Å². The minimum absolute atomic E-state index is 0.166. The zero-order valence-corrected chi connectivity index (χ0v) is 11.0. The van der Waals surface area contributed by atoms with Gasteiger partial charge in [-0.25, -0.2) is 0 Å². The third-order valence-electron chi connectivity index (χ3n) is 2.60. The van der Waals surface area contributed by atoms with Crippen LogP contribution in [0.1, 0.15) is 16.1 Å². The van der Waals surface area contributed by atoms with Crippen LogP contribution in [0.4, 0.5) is 0 Å². The molecule has 0 aliphatic rings. The fourth-order valence-electron chi connectivity index (χ4n) is 1.61. The monoisotopic (exact) mass is 261 g/mol. The van der Waals surface area contributed by atoms with Crippen molar-refractivity contribution in [1.29, 1.82) is 0 Å². The summed E-state index contributed by atoms with van der Waals surface area (Å²) in [7, 11) is 0. The number of carbonyl (C=O) groups excluding carboxylic acids is 1. The maximum atomic E-state index is 11.6. The van der Waals surface area contributed by atoms with Crippen molar-refractivity contribution in [3.63, 3.8) is 0 Å². The highest BCUT2D eigenvalue weighted by atomic mass is 32.2. The molecule has 94 valence electrons. The van der Waals surface area contributed by atoms with Crippen LogP contribution in [0.15, 0.2) is 52.0 Å². The van der Waals surface area contributed by atoms with Crippen LogP contribution < -0.4 is 5.32 Å². The summed E-state index contributed by atoms with van der Waals surface area (Å²) in [6, 6.07) is 11.7. The topological polar surface area (TPSA) is 42.2 Å². The molecule has 4 heteroatoms. The van der Waals surface area contributed by atoms with Gasteiger partial charge in [0.25, 0.3) is 5.91 Å². The summed E-state index contributed by atoms with van der Waals surface area (Å²) in [6.45, 7) is 0.609. The number of thioether (sulfide) groups is 1. The molecule has 0 aliphatic carbocycles. The summed E-state index contributed by atoms with van der Waals surface area (Å²) in [5.74, 6) is 0.188. The van der Waals surface area contributed by atoms with Gasteiger partial charge in [0.1, 0.15) is 0 Å². The number of rotatable bonds is 5. The number of amides is 1. The van der Waals surface area contributed by atoms with Gasteiger partial charge in [-0.1, -0.05) is 12.1 Å². The Labute approximate surface area is 111 Å². The molecule has 0 fully saturated rings. The quantitative estimate of drug-likeness (QED) is 0.841. The molecule has 3 nitrogen and oxygen atoms in total. The molecule has 0 bridgehead atoms. The highest BCUT2D eigenvalue weighted by Crippen LogP contribution is 2.14. The van der Waals surface area contributed by atoms with Crippen molar-refractivity contribution in [3.8, 4) is 0 Å². The Morgan fingerprint density at radius 2 is 2.06 bits per heavy atom. The molecule has 0 saturated carbocycles. The summed E-state index contributed by atoms with van der Waals surface area (Å²) in [5, 5.41) is 2.82. The van der Waals surface area contributed by atoms with E-state index in [4.69, 9.17) is 4.42 Å². The number of nitrogens with one attached hydrogen (secondary N) is 1. The van der Waals surface area contributed by atoms with E-state index in [1.165, 1.54) is 16.7 Å². The van der Waals surface area contributed by atoms with E-state index in [1.807, 2.05) is 0 Å². The normalized spacial score (nSPS) is 10.3. The highest BCUT2D eigenvalue weighted by Gasteiger charge is 2.06. The predicted molar refractivity (Wildman–Crippen MR) is 73.0 cm³/mol. The highest BCUT2D eigenvalue weighted by molar-refractivity contribution is 7.98. The van der Waals surface area contributed by atoms with Gasteiger partial charge in [-0.3, -0.25) is 4.79 Å².